The lowest BCUT2D eigenvalue weighted by Gasteiger charge is -2.23. The summed E-state index contributed by atoms with van der Waals surface area (Å²) in [6, 6.07) is 11.6. The van der Waals surface area contributed by atoms with Crippen molar-refractivity contribution in [1.82, 2.24) is 14.5 Å². The van der Waals surface area contributed by atoms with Crippen LogP contribution < -0.4 is 5.32 Å². The molecule has 4 rings (SSSR count). The standard InChI is InChI=1S/C21H22Cl2N4O2/c22-15-4-1-3-14(11-15)17(13-28)19-5-2-8-27(19)20-18(23)12-24-21(26-20)25-16-6-9-29-10-7-16/h1-5,8,11-12,16-17,28H,6-7,9-10,13H2,(H,24,25,26)/t17-/m0/s1. The van der Waals surface area contributed by atoms with Gasteiger partial charge in [0.25, 0.3) is 0 Å². The Kier molecular flexibility index (Phi) is 6.35. The number of nitrogens with one attached hydrogen (secondary N) is 1. The zero-order valence-corrected chi connectivity index (χ0v) is 17.3. The van der Waals surface area contributed by atoms with Crippen molar-refractivity contribution in [3.8, 4) is 5.82 Å². The maximum atomic E-state index is 10.1. The van der Waals surface area contributed by atoms with Crippen LogP contribution in [-0.4, -0.2) is 45.5 Å². The highest BCUT2D eigenvalue weighted by atomic mass is 35.5. The summed E-state index contributed by atoms with van der Waals surface area (Å²) in [4.78, 5) is 8.99. The Hall–Kier alpha value is -2.12. The van der Waals surface area contributed by atoms with Crippen LogP contribution in [0.15, 0.2) is 48.8 Å². The van der Waals surface area contributed by atoms with Crippen LogP contribution in [0.1, 0.15) is 30.0 Å². The highest BCUT2D eigenvalue weighted by Gasteiger charge is 2.21. The molecule has 3 aromatic rings. The van der Waals surface area contributed by atoms with Gasteiger partial charge in [-0.25, -0.2) is 4.98 Å². The molecule has 29 heavy (non-hydrogen) atoms. The van der Waals surface area contributed by atoms with Gasteiger partial charge in [0.15, 0.2) is 5.82 Å². The first-order chi connectivity index (χ1) is 14.2. The zero-order valence-electron chi connectivity index (χ0n) is 15.8. The first-order valence-electron chi connectivity index (χ1n) is 9.56. The van der Waals surface area contributed by atoms with Gasteiger partial charge in [-0.1, -0.05) is 35.3 Å². The summed E-state index contributed by atoms with van der Waals surface area (Å²) in [7, 11) is 0. The molecule has 0 saturated carbocycles. The summed E-state index contributed by atoms with van der Waals surface area (Å²) >= 11 is 12.6. The van der Waals surface area contributed by atoms with E-state index >= 15 is 0 Å². The van der Waals surface area contributed by atoms with Crippen LogP contribution in [-0.2, 0) is 4.74 Å². The highest BCUT2D eigenvalue weighted by molar-refractivity contribution is 6.32. The number of hydrogen-bond acceptors (Lipinski definition) is 5. The van der Waals surface area contributed by atoms with E-state index in [9.17, 15) is 5.11 Å². The monoisotopic (exact) mass is 432 g/mol. The summed E-state index contributed by atoms with van der Waals surface area (Å²) in [6.07, 6.45) is 5.31. The third-order valence-corrected chi connectivity index (χ3v) is 5.58. The van der Waals surface area contributed by atoms with E-state index < -0.39 is 0 Å². The quantitative estimate of drug-likeness (QED) is 0.607. The molecular weight excluding hydrogens is 411 g/mol. The average Bonchev–Trinajstić information content (AvgIpc) is 3.20. The van der Waals surface area contributed by atoms with Crippen molar-refractivity contribution >= 4 is 29.2 Å². The minimum absolute atomic E-state index is 0.0692. The van der Waals surface area contributed by atoms with Gasteiger partial charge in [0.2, 0.25) is 5.95 Å². The SMILES string of the molecule is OC[C@@H](c1cccc(Cl)c1)c1cccn1-c1nc(NC2CCOCC2)ncc1Cl. The number of aromatic nitrogens is 3. The van der Waals surface area contributed by atoms with Crippen LogP contribution >= 0.6 is 23.2 Å². The molecule has 0 bridgehead atoms. The van der Waals surface area contributed by atoms with Crippen LogP contribution in [0.5, 0.6) is 0 Å². The molecule has 2 N–H and O–H groups in total. The third kappa shape index (κ3) is 4.56. The Morgan fingerprint density at radius 2 is 2.03 bits per heavy atom. The largest absolute Gasteiger partial charge is 0.395 e. The number of rotatable bonds is 6. The lowest BCUT2D eigenvalue weighted by molar-refractivity contribution is 0.0903. The molecule has 152 valence electrons. The smallest absolute Gasteiger partial charge is 0.224 e. The molecule has 1 aromatic carbocycles. The third-order valence-electron chi connectivity index (χ3n) is 5.08. The molecular formula is C21H22Cl2N4O2. The average molecular weight is 433 g/mol. The summed E-state index contributed by atoms with van der Waals surface area (Å²) in [5.41, 5.74) is 1.79. The van der Waals surface area contributed by atoms with Crippen molar-refractivity contribution in [3.05, 3.63) is 70.1 Å². The van der Waals surface area contributed by atoms with Gasteiger partial charge in [-0.2, -0.15) is 4.98 Å². The van der Waals surface area contributed by atoms with Crippen molar-refractivity contribution in [2.75, 3.05) is 25.1 Å². The fourth-order valence-corrected chi connectivity index (χ4v) is 3.97. The van der Waals surface area contributed by atoms with Gasteiger partial charge in [-0.05, 0) is 42.7 Å². The molecule has 0 aliphatic carbocycles. The normalized spacial score (nSPS) is 16.0. The molecule has 0 spiro atoms. The zero-order chi connectivity index (χ0) is 20.2. The van der Waals surface area contributed by atoms with Crippen LogP contribution in [0.3, 0.4) is 0 Å². The van der Waals surface area contributed by atoms with Crippen molar-refractivity contribution in [2.24, 2.45) is 0 Å². The maximum absolute atomic E-state index is 10.1. The van der Waals surface area contributed by atoms with E-state index in [1.165, 1.54) is 0 Å². The van der Waals surface area contributed by atoms with Crippen LogP contribution in [0, 0.1) is 0 Å². The van der Waals surface area contributed by atoms with E-state index in [-0.39, 0.29) is 18.6 Å². The lowest BCUT2D eigenvalue weighted by atomic mass is 9.96. The Labute approximate surface area is 179 Å². The number of halogens is 2. The van der Waals surface area contributed by atoms with Gasteiger partial charge in [-0.3, -0.25) is 0 Å². The van der Waals surface area contributed by atoms with Gasteiger partial charge in [0.05, 0.1) is 12.8 Å². The van der Waals surface area contributed by atoms with Gasteiger partial charge in [0, 0.05) is 42.1 Å². The number of hydrogen-bond donors (Lipinski definition) is 2. The first kappa shape index (κ1) is 20.2. The number of benzene rings is 1. The minimum Gasteiger partial charge on any atom is -0.395 e. The lowest BCUT2D eigenvalue weighted by Crippen LogP contribution is -2.28. The molecule has 1 aliphatic heterocycles. The molecule has 0 amide bonds. The fourth-order valence-electron chi connectivity index (χ4n) is 3.59. The molecule has 0 unspecified atom stereocenters. The summed E-state index contributed by atoms with van der Waals surface area (Å²) in [6.45, 7) is 1.40. The molecule has 6 nitrogen and oxygen atoms in total. The molecule has 1 fully saturated rings. The van der Waals surface area contributed by atoms with Gasteiger partial charge >= 0.3 is 0 Å². The van der Waals surface area contributed by atoms with Crippen LogP contribution in [0.25, 0.3) is 5.82 Å². The predicted molar refractivity (Wildman–Crippen MR) is 114 cm³/mol. The molecule has 1 saturated heterocycles. The summed E-state index contributed by atoms with van der Waals surface area (Å²) in [5.74, 6) is 0.831. The minimum atomic E-state index is -0.262. The second-order valence-electron chi connectivity index (χ2n) is 6.99. The van der Waals surface area contributed by atoms with E-state index in [1.54, 1.807) is 6.20 Å². The number of ether oxygens (including phenoxy) is 1. The van der Waals surface area contributed by atoms with E-state index in [4.69, 9.17) is 27.9 Å². The second-order valence-corrected chi connectivity index (χ2v) is 7.83. The summed E-state index contributed by atoms with van der Waals surface area (Å²) < 4.78 is 7.29. The Bertz CT molecular complexity index is 973. The van der Waals surface area contributed by atoms with E-state index in [0.29, 0.717) is 21.8 Å². The summed E-state index contributed by atoms with van der Waals surface area (Å²) in [5, 5.41) is 14.5. The van der Waals surface area contributed by atoms with Crippen molar-refractivity contribution in [3.63, 3.8) is 0 Å². The first-order valence-corrected chi connectivity index (χ1v) is 10.3. The van der Waals surface area contributed by atoms with Crippen LogP contribution in [0.2, 0.25) is 10.0 Å². The van der Waals surface area contributed by atoms with Crippen molar-refractivity contribution in [1.29, 1.82) is 0 Å². The van der Waals surface area contributed by atoms with Gasteiger partial charge in [-0.15, -0.1) is 0 Å². The van der Waals surface area contributed by atoms with Crippen LogP contribution in [0.4, 0.5) is 5.95 Å². The van der Waals surface area contributed by atoms with Gasteiger partial charge < -0.3 is 19.7 Å². The fraction of sp³-hybridized carbons (Fsp3) is 0.333. The number of nitrogens with zero attached hydrogens (tertiary/aromatic N) is 3. The molecule has 0 radical (unpaired) electrons. The Morgan fingerprint density at radius 3 is 2.79 bits per heavy atom. The topological polar surface area (TPSA) is 72.2 Å². The maximum Gasteiger partial charge on any atom is 0.224 e. The molecule has 1 aliphatic rings. The number of anilines is 1. The molecule has 8 heteroatoms. The van der Waals surface area contributed by atoms with E-state index in [1.807, 2.05) is 47.2 Å². The highest BCUT2D eigenvalue weighted by Crippen LogP contribution is 2.30. The van der Waals surface area contributed by atoms with E-state index in [0.717, 1.165) is 37.3 Å². The van der Waals surface area contributed by atoms with E-state index in [2.05, 4.69) is 15.3 Å². The Balaban J connectivity index is 1.67. The molecule has 2 aromatic heterocycles. The van der Waals surface area contributed by atoms with Crippen molar-refractivity contribution in [2.45, 2.75) is 24.8 Å². The Morgan fingerprint density at radius 1 is 1.21 bits per heavy atom. The second kappa shape index (κ2) is 9.13. The van der Waals surface area contributed by atoms with Crippen molar-refractivity contribution < 1.29 is 9.84 Å². The van der Waals surface area contributed by atoms with Gasteiger partial charge in [0.1, 0.15) is 5.02 Å². The molecule has 3 heterocycles. The molecule has 1 atom stereocenters. The predicted octanol–water partition coefficient (Wildman–Crippen LogP) is 4.29. The number of aliphatic hydroxyl groups is 1. The number of aliphatic hydroxyl groups excluding tert-OH is 1.